The first kappa shape index (κ1) is 14.8. The van der Waals surface area contributed by atoms with Gasteiger partial charge < -0.3 is 14.9 Å². The third-order valence-electron chi connectivity index (χ3n) is 3.75. The average Bonchev–Trinajstić information content (AvgIpc) is 2.43. The minimum Gasteiger partial charge on any atom is -0.508 e. The SMILES string of the molecule is CCC(c1ccc(O)cc1)N1CCOCC1CC(=O)O. The molecular formula is C15H21NO4. The average molecular weight is 279 g/mol. The van der Waals surface area contributed by atoms with Crippen LogP contribution in [0.4, 0.5) is 0 Å². The van der Waals surface area contributed by atoms with Crippen LogP contribution in [-0.4, -0.2) is 46.9 Å². The molecule has 1 aliphatic heterocycles. The second-order valence-electron chi connectivity index (χ2n) is 5.08. The van der Waals surface area contributed by atoms with Crippen LogP contribution >= 0.6 is 0 Å². The van der Waals surface area contributed by atoms with E-state index in [-0.39, 0.29) is 24.3 Å². The third kappa shape index (κ3) is 3.49. The van der Waals surface area contributed by atoms with Crippen LogP contribution in [0.5, 0.6) is 5.75 Å². The molecule has 1 aliphatic rings. The molecular weight excluding hydrogens is 258 g/mol. The van der Waals surface area contributed by atoms with E-state index in [4.69, 9.17) is 9.84 Å². The number of nitrogens with zero attached hydrogens (tertiary/aromatic N) is 1. The number of rotatable bonds is 5. The molecule has 0 spiro atoms. The van der Waals surface area contributed by atoms with Crippen molar-refractivity contribution < 1.29 is 19.7 Å². The maximum absolute atomic E-state index is 11.0. The summed E-state index contributed by atoms with van der Waals surface area (Å²) in [4.78, 5) is 13.2. The predicted molar refractivity (Wildman–Crippen MR) is 74.7 cm³/mol. The Hall–Kier alpha value is -1.59. The molecule has 0 amide bonds. The van der Waals surface area contributed by atoms with Crippen LogP contribution in [-0.2, 0) is 9.53 Å². The van der Waals surface area contributed by atoms with E-state index in [2.05, 4.69) is 11.8 Å². The molecule has 1 heterocycles. The lowest BCUT2D eigenvalue weighted by Gasteiger charge is -2.40. The molecule has 1 fully saturated rings. The Morgan fingerprint density at radius 1 is 1.45 bits per heavy atom. The van der Waals surface area contributed by atoms with E-state index < -0.39 is 5.97 Å². The van der Waals surface area contributed by atoms with Crippen molar-refractivity contribution in [1.29, 1.82) is 0 Å². The standard InChI is InChI=1S/C15H21NO4/c1-2-14(11-3-5-13(17)6-4-11)16-7-8-20-10-12(16)9-15(18)19/h3-6,12,14,17H,2,7-10H2,1H3,(H,18,19). The second-order valence-corrected chi connectivity index (χ2v) is 5.08. The number of aliphatic carboxylic acids is 1. The first-order valence-corrected chi connectivity index (χ1v) is 6.96. The van der Waals surface area contributed by atoms with Gasteiger partial charge >= 0.3 is 5.97 Å². The first-order valence-electron chi connectivity index (χ1n) is 6.96. The van der Waals surface area contributed by atoms with Crippen molar-refractivity contribution in [3.8, 4) is 5.75 Å². The fourth-order valence-corrected chi connectivity index (χ4v) is 2.81. The minimum absolute atomic E-state index is 0.0918. The zero-order valence-corrected chi connectivity index (χ0v) is 11.7. The highest BCUT2D eigenvalue weighted by atomic mass is 16.5. The van der Waals surface area contributed by atoms with Crippen molar-refractivity contribution in [3.05, 3.63) is 29.8 Å². The van der Waals surface area contributed by atoms with Crippen LogP contribution in [0.3, 0.4) is 0 Å². The number of morpholine rings is 1. The number of aromatic hydroxyl groups is 1. The van der Waals surface area contributed by atoms with E-state index in [1.165, 1.54) is 0 Å². The number of carbonyl (C=O) groups is 1. The van der Waals surface area contributed by atoms with Gasteiger partial charge in [0.05, 0.1) is 19.6 Å². The maximum atomic E-state index is 11.0. The quantitative estimate of drug-likeness (QED) is 0.863. The largest absolute Gasteiger partial charge is 0.508 e. The van der Waals surface area contributed by atoms with Crippen molar-refractivity contribution in [2.24, 2.45) is 0 Å². The third-order valence-corrected chi connectivity index (χ3v) is 3.75. The monoisotopic (exact) mass is 279 g/mol. The molecule has 5 heteroatoms. The molecule has 1 saturated heterocycles. The highest BCUT2D eigenvalue weighted by molar-refractivity contribution is 5.67. The molecule has 5 nitrogen and oxygen atoms in total. The Kier molecular flexibility index (Phi) is 4.98. The molecule has 1 aromatic rings. The Balaban J connectivity index is 2.19. The van der Waals surface area contributed by atoms with Crippen molar-refractivity contribution in [2.45, 2.75) is 31.8 Å². The molecule has 2 N–H and O–H groups in total. The van der Waals surface area contributed by atoms with Crippen LogP contribution in [0.25, 0.3) is 0 Å². The number of ether oxygens (including phenoxy) is 1. The number of carboxylic acid groups (broad SMARTS) is 1. The van der Waals surface area contributed by atoms with Gasteiger partial charge in [0.1, 0.15) is 5.75 Å². The van der Waals surface area contributed by atoms with E-state index >= 15 is 0 Å². The second kappa shape index (κ2) is 6.72. The lowest BCUT2D eigenvalue weighted by molar-refractivity contribution is -0.141. The van der Waals surface area contributed by atoms with Crippen LogP contribution < -0.4 is 0 Å². The number of phenols is 1. The topological polar surface area (TPSA) is 70.0 Å². The Morgan fingerprint density at radius 2 is 2.15 bits per heavy atom. The molecule has 0 radical (unpaired) electrons. The van der Waals surface area contributed by atoms with Crippen LogP contribution in [0.15, 0.2) is 24.3 Å². The number of phenolic OH excluding ortho intramolecular Hbond substituents is 1. The number of hydrogen-bond donors (Lipinski definition) is 2. The van der Waals surface area contributed by atoms with Crippen LogP contribution in [0, 0.1) is 0 Å². The Bertz CT molecular complexity index is 446. The molecule has 0 bridgehead atoms. The van der Waals surface area contributed by atoms with E-state index in [0.29, 0.717) is 13.2 Å². The Labute approximate surface area is 118 Å². The smallest absolute Gasteiger partial charge is 0.305 e. The molecule has 110 valence electrons. The van der Waals surface area contributed by atoms with Gasteiger partial charge in [0.25, 0.3) is 0 Å². The molecule has 0 aliphatic carbocycles. The van der Waals surface area contributed by atoms with Gasteiger partial charge in [-0.1, -0.05) is 19.1 Å². The summed E-state index contributed by atoms with van der Waals surface area (Å²) >= 11 is 0. The molecule has 0 saturated carbocycles. The predicted octanol–water partition coefficient (Wildman–Crippen LogP) is 2.02. The summed E-state index contributed by atoms with van der Waals surface area (Å²) in [5.41, 5.74) is 1.10. The number of hydrogen-bond acceptors (Lipinski definition) is 4. The Morgan fingerprint density at radius 3 is 2.75 bits per heavy atom. The fraction of sp³-hybridized carbons (Fsp3) is 0.533. The van der Waals surface area contributed by atoms with Crippen LogP contribution in [0.1, 0.15) is 31.4 Å². The van der Waals surface area contributed by atoms with Gasteiger partial charge in [0.15, 0.2) is 0 Å². The molecule has 0 aromatic heterocycles. The maximum Gasteiger partial charge on any atom is 0.305 e. The summed E-state index contributed by atoms with van der Waals surface area (Å²) in [5, 5.41) is 18.4. The van der Waals surface area contributed by atoms with E-state index in [9.17, 15) is 9.90 Å². The summed E-state index contributed by atoms with van der Waals surface area (Å²) in [5.74, 6) is -0.557. The summed E-state index contributed by atoms with van der Waals surface area (Å²) in [6, 6.07) is 7.20. The van der Waals surface area contributed by atoms with Crippen LogP contribution in [0.2, 0.25) is 0 Å². The minimum atomic E-state index is -0.800. The fourth-order valence-electron chi connectivity index (χ4n) is 2.81. The molecule has 2 atom stereocenters. The summed E-state index contributed by atoms with van der Waals surface area (Å²) < 4.78 is 5.42. The zero-order chi connectivity index (χ0) is 14.5. The summed E-state index contributed by atoms with van der Waals surface area (Å²) in [6.45, 7) is 3.91. The molecule has 2 unspecified atom stereocenters. The highest BCUT2D eigenvalue weighted by Gasteiger charge is 2.30. The lowest BCUT2D eigenvalue weighted by Crippen LogP contribution is -2.48. The van der Waals surface area contributed by atoms with Gasteiger partial charge in [-0.2, -0.15) is 0 Å². The van der Waals surface area contributed by atoms with Gasteiger partial charge in [0.2, 0.25) is 0 Å². The molecule has 20 heavy (non-hydrogen) atoms. The van der Waals surface area contributed by atoms with Crippen molar-refractivity contribution in [2.75, 3.05) is 19.8 Å². The zero-order valence-electron chi connectivity index (χ0n) is 11.7. The molecule has 2 rings (SSSR count). The van der Waals surface area contributed by atoms with Crippen molar-refractivity contribution in [1.82, 2.24) is 4.90 Å². The molecule has 1 aromatic carbocycles. The normalized spacial score (nSPS) is 21.6. The summed E-state index contributed by atoms with van der Waals surface area (Å²) in [7, 11) is 0. The first-order chi connectivity index (χ1) is 9.61. The van der Waals surface area contributed by atoms with E-state index in [1.54, 1.807) is 12.1 Å². The van der Waals surface area contributed by atoms with Gasteiger partial charge in [-0.25, -0.2) is 0 Å². The van der Waals surface area contributed by atoms with Gasteiger partial charge in [-0.3, -0.25) is 9.69 Å². The lowest BCUT2D eigenvalue weighted by atomic mass is 9.99. The van der Waals surface area contributed by atoms with Crippen molar-refractivity contribution in [3.63, 3.8) is 0 Å². The van der Waals surface area contributed by atoms with Gasteiger partial charge in [-0.05, 0) is 24.1 Å². The summed E-state index contributed by atoms with van der Waals surface area (Å²) in [6.07, 6.45) is 0.982. The van der Waals surface area contributed by atoms with Gasteiger partial charge in [-0.15, -0.1) is 0 Å². The van der Waals surface area contributed by atoms with Gasteiger partial charge in [0, 0.05) is 18.6 Å². The van der Waals surface area contributed by atoms with E-state index in [1.807, 2.05) is 12.1 Å². The number of benzene rings is 1. The number of carboxylic acids is 1. The van der Waals surface area contributed by atoms with E-state index in [0.717, 1.165) is 18.5 Å². The highest BCUT2D eigenvalue weighted by Crippen LogP contribution is 2.29. The van der Waals surface area contributed by atoms with Crippen molar-refractivity contribution >= 4 is 5.97 Å².